The number of aromatic nitrogens is 2. The molecule has 1 N–H and O–H groups in total. The van der Waals surface area contributed by atoms with Gasteiger partial charge in [0.2, 0.25) is 5.91 Å². The molecule has 1 fully saturated rings. The molecule has 2 aromatic rings. The summed E-state index contributed by atoms with van der Waals surface area (Å²) in [6.07, 6.45) is 6.83. The fourth-order valence-electron chi connectivity index (χ4n) is 3.17. The van der Waals surface area contributed by atoms with Crippen LogP contribution in [0.25, 0.3) is 10.2 Å². The van der Waals surface area contributed by atoms with Gasteiger partial charge in [-0.3, -0.25) is 4.79 Å². The lowest BCUT2D eigenvalue weighted by atomic mass is 9.95. The van der Waals surface area contributed by atoms with Gasteiger partial charge in [0.1, 0.15) is 15.7 Å². The second-order valence-electron chi connectivity index (χ2n) is 6.45. The molecular weight excluding hydrogens is 338 g/mol. The average Bonchev–Trinajstić information content (AvgIpc) is 2.88. The van der Waals surface area contributed by atoms with Crippen LogP contribution in [-0.2, 0) is 11.2 Å². The molecule has 0 unspecified atom stereocenters. The van der Waals surface area contributed by atoms with Gasteiger partial charge in [0.15, 0.2) is 0 Å². The average molecular weight is 364 g/mol. The Labute approximate surface area is 151 Å². The molecule has 0 aliphatic heterocycles. The molecule has 1 aliphatic rings. The van der Waals surface area contributed by atoms with Gasteiger partial charge >= 0.3 is 0 Å². The maximum absolute atomic E-state index is 12.3. The number of fused-ring (bicyclic) bond motifs is 1. The van der Waals surface area contributed by atoms with Gasteiger partial charge < -0.3 is 5.32 Å². The van der Waals surface area contributed by atoms with Crippen molar-refractivity contribution in [1.29, 1.82) is 0 Å². The van der Waals surface area contributed by atoms with Crippen LogP contribution < -0.4 is 5.32 Å². The Hall–Kier alpha value is -1.14. The van der Waals surface area contributed by atoms with Gasteiger partial charge in [0.25, 0.3) is 0 Å². The van der Waals surface area contributed by atoms with Crippen LogP contribution in [0.15, 0.2) is 5.03 Å². The second-order valence-corrected chi connectivity index (χ2v) is 8.62. The van der Waals surface area contributed by atoms with E-state index in [2.05, 4.69) is 31.1 Å². The summed E-state index contributed by atoms with van der Waals surface area (Å²) in [7, 11) is 0. The number of thioether (sulfide) groups is 1. The maximum atomic E-state index is 12.3. The molecule has 24 heavy (non-hydrogen) atoms. The summed E-state index contributed by atoms with van der Waals surface area (Å²) in [6.45, 7) is 6.31. The van der Waals surface area contributed by atoms with Gasteiger partial charge in [0, 0.05) is 22.7 Å². The summed E-state index contributed by atoms with van der Waals surface area (Å²) in [6, 6.07) is 0.369. The van der Waals surface area contributed by atoms with Crippen molar-refractivity contribution < 1.29 is 4.79 Å². The smallest absolute Gasteiger partial charge is 0.230 e. The van der Waals surface area contributed by atoms with Gasteiger partial charge in [-0.2, -0.15) is 0 Å². The number of nitrogens with one attached hydrogen (secondary N) is 1. The summed E-state index contributed by atoms with van der Waals surface area (Å²) < 4.78 is 0. The van der Waals surface area contributed by atoms with Gasteiger partial charge in [-0.05, 0) is 32.3 Å². The molecule has 1 saturated carbocycles. The molecule has 130 valence electrons. The van der Waals surface area contributed by atoms with Crippen LogP contribution >= 0.6 is 23.1 Å². The van der Waals surface area contributed by atoms with E-state index in [-0.39, 0.29) is 5.91 Å². The van der Waals surface area contributed by atoms with E-state index in [0.717, 1.165) is 40.3 Å². The molecule has 0 radical (unpaired) electrons. The zero-order valence-corrected chi connectivity index (χ0v) is 16.3. The Balaban J connectivity index is 1.73. The van der Waals surface area contributed by atoms with E-state index < -0.39 is 0 Å². The highest BCUT2D eigenvalue weighted by Crippen LogP contribution is 2.35. The van der Waals surface area contributed by atoms with Crippen LogP contribution in [0.5, 0.6) is 0 Å². The molecule has 0 spiro atoms. The van der Waals surface area contributed by atoms with E-state index in [1.54, 1.807) is 23.1 Å². The summed E-state index contributed by atoms with van der Waals surface area (Å²) in [4.78, 5) is 24.0. The van der Waals surface area contributed by atoms with Crippen LogP contribution in [0.2, 0.25) is 0 Å². The molecule has 2 heterocycles. The lowest BCUT2D eigenvalue weighted by molar-refractivity contribution is -0.119. The van der Waals surface area contributed by atoms with Crippen molar-refractivity contribution in [3.8, 4) is 0 Å². The van der Waals surface area contributed by atoms with Gasteiger partial charge in [-0.25, -0.2) is 9.97 Å². The van der Waals surface area contributed by atoms with Crippen molar-refractivity contribution in [2.45, 2.75) is 70.4 Å². The highest BCUT2D eigenvalue weighted by atomic mass is 32.2. The molecular formula is C18H25N3OS2. The Morgan fingerprint density at radius 2 is 2.00 bits per heavy atom. The number of hydrogen-bond acceptors (Lipinski definition) is 5. The largest absolute Gasteiger partial charge is 0.353 e. The Morgan fingerprint density at radius 3 is 2.71 bits per heavy atom. The molecule has 0 atom stereocenters. The number of thiophene rings is 1. The van der Waals surface area contributed by atoms with Crippen LogP contribution in [0.3, 0.4) is 0 Å². The number of carbonyl (C=O) groups is 1. The standard InChI is InChI=1S/C18H25N3OS2/c1-4-14-20-17(16-11(2)12(3)24-18(16)21-14)23-10-15(22)19-13-8-6-5-7-9-13/h13H,4-10H2,1-3H3,(H,19,22). The van der Waals surface area contributed by atoms with Crippen molar-refractivity contribution >= 4 is 39.2 Å². The minimum absolute atomic E-state index is 0.126. The zero-order chi connectivity index (χ0) is 17.1. The molecule has 3 rings (SSSR count). The Morgan fingerprint density at radius 1 is 1.25 bits per heavy atom. The molecule has 2 aromatic heterocycles. The third kappa shape index (κ3) is 3.91. The van der Waals surface area contributed by atoms with Crippen molar-refractivity contribution in [2.75, 3.05) is 5.75 Å². The SMILES string of the molecule is CCc1nc(SCC(=O)NC2CCCCC2)c2c(C)c(C)sc2n1. The Kier molecular flexibility index (Phi) is 5.76. The van der Waals surface area contributed by atoms with E-state index in [1.165, 1.54) is 29.7 Å². The third-order valence-corrected chi connectivity index (χ3v) is 6.74. The lowest BCUT2D eigenvalue weighted by Crippen LogP contribution is -2.37. The predicted molar refractivity (Wildman–Crippen MR) is 102 cm³/mol. The molecule has 4 nitrogen and oxygen atoms in total. The van der Waals surface area contributed by atoms with E-state index in [9.17, 15) is 4.79 Å². The van der Waals surface area contributed by atoms with E-state index in [1.807, 2.05) is 0 Å². The Bertz CT molecular complexity index is 735. The van der Waals surface area contributed by atoms with E-state index >= 15 is 0 Å². The molecule has 0 aromatic carbocycles. The van der Waals surface area contributed by atoms with Gasteiger partial charge in [0.05, 0.1) is 5.75 Å². The first kappa shape index (κ1) is 17.7. The molecule has 1 aliphatic carbocycles. The molecule has 6 heteroatoms. The van der Waals surface area contributed by atoms with Gasteiger partial charge in [-0.15, -0.1) is 11.3 Å². The summed E-state index contributed by atoms with van der Waals surface area (Å²) in [5, 5.41) is 5.27. The fourth-order valence-corrected chi connectivity index (χ4v) is 5.20. The minimum atomic E-state index is 0.126. The third-order valence-electron chi connectivity index (χ3n) is 4.67. The molecule has 0 saturated heterocycles. The number of aryl methyl sites for hydroxylation is 3. The van der Waals surface area contributed by atoms with Crippen molar-refractivity contribution in [3.63, 3.8) is 0 Å². The highest BCUT2D eigenvalue weighted by Gasteiger charge is 2.18. The van der Waals surface area contributed by atoms with Crippen molar-refractivity contribution in [1.82, 2.24) is 15.3 Å². The summed E-state index contributed by atoms with van der Waals surface area (Å²) >= 11 is 3.27. The topological polar surface area (TPSA) is 54.9 Å². The maximum Gasteiger partial charge on any atom is 0.230 e. The van der Waals surface area contributed by atoms with Crippen LogP contribution in [0.4, 0.5) is 0 Å². The number of amides is 1. The first-order chi connectivity index (χ1) is 11.6. The zero-order valence-electron chi connectivity index (χ0n) is 14.6. The van der Waals surface area contributed by atoms with Crippen molar-refractivity contribution in [2.24, 2.45) is 0 Å². The summed E-state index contributed by atoms with van der Waals surface area (Å²) in [5.41, 5.74) is 1.24. The minimum Gasteiger partial charge on any atom is -0.353 e. The quantitative estimate of drug-likeness (QED) is 0.631. The number of rotatable bonds is 5. The van der Waals surface area contributed by atoms with E-state index in [4.69, 9.17) is 4.98 Å². The van der Waals surface area contributed by atoms with Crippen LogP contribution in [0.1, 0.15) is 55.3 Å². The van der Waals surface area contributed by atoms with Crippen LogP contribution in [0, 0.1) is 13.8 Å². The first-order valence-electron chi connectivity index (χ1n) is 8.77. The monoisotopic (exact) mass is 363 g/mol. The number of hydrogen-bond donors (Lipinski definition) is 1. The molecule has 0 bridgehead atoms. The highest BCUT2D eigenvalue weighted by molar-refractivity contribution is 8.00. The fraction of sp³-hybridized carbons (Fsp3) is 0.611. The number of nitrogens with zero attached hydrogens (tertiary/aromatic N) is 2. The van der Waals surface area contributed by atoms with E-state index in [0.29, 0.717) is 11.8 Å². The van der Waals surface area contributed by atoms with Crippen molar-refractivity contribution in [3.05, 3.63) is 16.3 Å². The predicted octanol–water partition coefficient (Wildman–Crippen LogP) is 4.41. The first-order valence-corrected chi connectivity index (χ1v) is 10.6. The second kappa shape index (κ2) is 7.83. The lowest BCUT2D eigenvalue weighted by Gasteiger charge is -2.22. The van der Waals surface area contributed by atoms with Crippen LogP contribution in [-0.4, -0.2) is 27.7 Å². The number of carbonyl (C=O) groups excluding carboxylic acids is 1. The molecule has 1 amide bonds. The normalized spacial score (nSPS) is 15.8. The summed E-state index contributed by atoms with van der Waals surface area (Å²) in [5.74, 6) is 1.42. The van der Waals surface area contributed by atoms with Gasteiger partial charge in [-0.1, -0.05) is 37.9 Å².